The molecule has 1 aliphatic rings. The molecule has 0 radical (unpaired) electrons. The van der Waals surface area contributed by atoms with Gasteiger partial charge in [0.05, 0.1) is 30.5 Å². The lowest BCUT2D eigenvalue weighted by Gasteiger charge is -2.08. The molecule has 1 saturated carbocycles. The molecule has 4 rings (SSSR count). The molecule has 0 amide bonds. The molecule has 2 aromatic heterocycles. The second-order valence-electron chi connectivity index (χ2n) is 6.25. The van der Waals surface area contributed by atoms with Crippen LogP contribution in [0.25, 0.3) is 5.69 Å². The molecule has 118 valence electrons. The molecule has 2 heterocycles. The summed E-state index contributed by atoms with van der Waals surface area (Å²) in [7, 11) is 0. The first-order chi connectivity index (χ1) is 11.2. The van der Waals surface area contributed by atoms with Gasteiger partial charge in [-0.25, -0.2) is 9.97 Å². The molecule has 0 saturated heterocycles. The van der Waals surface area contributed by atoms with E-state index < -0.39 is 0 Å². The molecule has 1 fully saturated rings. The van der Waals surface area contributed by atoms with Gasteiger partial charge in [-0.15, -0.1) is 0 Å². The number of aromatic nitrogens is 4. The lowest BCUT2D eigenvalue weighted by atomic mass is 10.2. The molecule has 1 aliphatic carbocycles. The number of aromatic amines is 1. The maximum atomic E-state index is 4.45. The Balaban J connectivity index is 1.42. The second-order valence-corrected chi connectivity index (χ2v) is 6.25. The zero-order valence-electron chi connectivity index (χ0n) is 13.5. The molecule has 1 aromatic carbocycles. The number of benzene rings is 1. The van der Waals surface area contributed by atoms with E-state index in [1.54, 1.807) is 0 Å². The Morgan fingerprint density at radius 2 is 1.96 bits per heavy atom. The van der Waals surface area contributed by atoms with Crippen molar-refractivity contribution in [1.82, 2.24) is 19.5 Å². The van der Waals surface area contributed by atoms with E-state index in [9.17, 15) is 0 Å². The van der Waals surface area contributed by atoms with Crippen LogP contribution in [-0.2, 0) is 6.54 Å². The molecule has 3 aromatic rings. The van der Waals surface area contributed by atoms with Gasteiger partial charge in [0.25, 0.3) is 0 Å². The minimum Gasteiger partial charge on any atom is -0.379 e. The third kappa shape index (κ3) is 2.86. The fourth-order valence-electron chi connectivity index (χ4n) is 2.73. The van der Waals surface area contributed by atoms with Gasteiger partial charge in [-0.3, -0.25) is 0 Å². The van der Waals surface area contributed by atoms with E-state index in [4.69, 9.17) is 0 Å². The average Bonchev–Trinajstić information content (AvgIpc) is 3.23. The summed E-state index contributed by atoms with van der Waals surface area (Å²) in [5, 5.41) is 3.44. The Morgan fingerprint density at radius 1 is 1.17 bits per heavy atom. The highest BCUT2D eigenvalue weighted by atomic mass is 15.1. The maximum Gasteiger partial charge on any atom is 0.109 e. The van der Waals surface area contributed by atoms with E-state index in [0.29, 0.717) is 5.92 Å². The van der Waals surface area contributed by atoms with Crippen molar-refractivity contribution in [1.29, 1.82) is 0 Å². The molecule has 2 N–H and O–H groups in total. The fourth-order valence-corrected chi connectivity index (χ4v) is 2.73. The van der Waals surface area contributed by atoms with Crippen molar-refractivity contribution in [3.8, 4) is 5.69 Å². The van der Waals surface area contributed by atoms with Gasteiger partial charge in [-0.05, 0) is 51.0 Å². The predicted molar refractivity (Wildman–Crippen MR) is 90.9 cm³/mol. The summed E-state index contributed by atoms with van der Waals surface area (Å²) in [5.41, 5.74) is 5.61. The molecule has 0 atom stereocenters. The van der Waals surface area contributed by atoms with Crippen LogP contribution in [-0.4, -0.2) is 19.5 Å². The molecular formula is C18H21N5. The number of anilines is 1. The Bertz CT molecular complexity index is 808. The molecule has 0 spiro atoms. The summed E-state index contributed by atoms with van der Waals surface area (Å²) in [4.78, 5) is 12.2. The number of nitrogens with zero attached hydrogens (tertiary/aromatic N) is 3. The molecular weight excluding hydrogens is 286 g/mol. The van der Waals surface area contributed by atoms with Crippen molar-refractivity contribution in [3.63, 3.8) is 0 Å². The first kappa shape index (κ1) is 14.1. The van der Waals surface area contributed by atoms with E-state index in [2.05, 4.69) is 56.0 Å². The second kappa shape index (κ2) is 5.57. The number of hydrogen-bond acceptors (Lipinski definition) is 3. The number of rotatable bonds is 5. The highest BCUT2D eigenvalue weighted by Crippen LogP contribution is 2.38. The van der Waals surface area contributed by atoms with E-state index in [-0.39, 0.29) is 0 Å². The lowest BCUT2D eigenvalue weighted by molar-refractivity contribution is 0.953. The molecule has 5 nitrogen and oxygen atoms in total. The van der Waals surface area contributed by atoms with Crippen molar-refractivity contribution in [2.45, 2.75) is 39.2 Å². The third-order valence-corrected chi connectivity index (χ3v) is 4.49. The maximum absolute atomic E-state index is 4.45. The largest absolute Gasteiger partial charge is 0.379 e. The summed E-state index contributed by atoms with van der Waals surface area (Å²) < 4.78 is 2.11. The summed E-state index contributed by atoms with van der Waals surface area (Å²) in [6.07, 6.45) is 6.35. The topological polar surface area (TPSA) is 58.5 Å². The van der Waals surface area contributed by atoms with E-state index in [1.807, 2.05) is 19.4 Å². The smallest absolute Gasteiger partial charge is 0.109 e. The normalized spacial score (nSPS) is 14.2. The monoisotopic (exact) mass is 307 g/mol. The van der Waals surface area contributed by atoms with Gasteiger partial charge in [-0.2, -0.15) is 0 Å². The Morgan fingerprint density at radius 3 is 2.61 bits per heavy atom. The standard InChI is InChI=1S/C18H21N5/c1-12-13(2)23(11-21-12)17-7-5-15(6-8-17)19-9-16-10-20-18(22-16)14-3-4-14/h5-8,10-11,14,19H,3-4,9H2,1-2H3,(H,20,22). The Kier molecular flexibility index (Phi) is 3.41. The SMILES string of the molecule is Cc1ncn(-c2ccc(NCc3cnc(C4CC4)[nH]3)cc2)c1C. The lowest BCUT2D eigenvalue weighted by Crippen LogP contribution is -2.01. The van der Waals surface area contributed by atoms with Crippen LogP contribution in [0, 0.1) is 13.8 Å². The highest BCUT2D eigenvalue weighted by molar-refractivity contribution is 5.49. The van der Waals surface area contributed by atoms with Crippen LogP contribution in [0.15, 0.2) is 36.8 Å². The molecule has 23 heavy (non-hydrogen) atoms. The first-order valence-electron chi connectivity index (χ1n) is 8.09. The van der Waals surface area contributed by atoms with E-state index in [1.165, 1.54) is 18.5 Å². The summed E-state index contributed by atoms with van der Waals surface area (Å²) >= 11 is 0. The number of H-pyrrole nitrogens is 1. The molecule has 0 aliphatic heterocycles. The number of aryl methyl sites for hydroxylation is 1. The summed E-state index contributed by atoms with van der Waals surface area (Å²) in [6, 6.07) is 8.42. The molecule has 0 unspecified atom stereocenters. The third-order valence-electron chi connectivity index (χ3n) is 4.49. The minimum atomic E-state index is 0.671. The average molecular weight is 307 g/mol. The Labute approximate surface area is 135 Å². The molecule has 0 bridgehead atoms. The highest BCUT2D eigenvalue weighted by Gasteiger charge is 2.26. The van der Waals surface area contributed by atoms with Gasteiger partial charge in [0.2, 0.25) is 0 Å². The van der Waals surface area contributed by atoms with Crippen molar-refractivity contribution >= 4 is 5.69 Å². The molecule has 5 heteroatoms. The van der Waals surface area contributed by atoms with Crippen LogP contribution in [0.4, 0.5) is 5.69 Å². The van der Waals surface area contributed by atoms with Gasteiger partial charge >= 0.3 is 0 Å². The van der Waals surface area contributed by atoms with Crippen LogP contribution < -0.4 is 5.32 Å². The first-order valence-corrected chi connectivity index (χ1v) is 8.09. The van der Waals surface area contributed by atoms with Crippen molar-refractivity contribution in [2.24, 2.45) is 0 Å². The van der Waals surface area contributed by atoms with Crippen LogP contribution in [0.1, 0.15) is 41.7 Å². The summed E-state index contributed by atoms with van der Waals surface area (Å²) in [5.74, 6) is 1.81. The van der Waals surface area contributed by atoms with Crippen molar-refractivity contribution in [2.75, 3.05) is 5.32 Å². The zero-order chi connectivity index (χ0) is 15.8. The van der Waals surface area contributed by atoms with Crippen LogP contribution >= 0.6 is 0 Å². The van der Waals surface area contributed by atoms with Crippen LogP contribution in [0.5, 0.6) is 0 Å². The van der Waals surface area contributed by atoms with Crippen molar-refractivity contribution < 1.29 is 0 Å². The van der Waals surface area contributed by atoms with E-state index >= 15 is 0 Å². The number of imidazole rings is 2. The number of nitrogens with one attached hydrogen (secondary N) is 2. The number of hydrogen-bond donors (Lipinski definition) is 2. The Hall–Kier alpha value is -2.56. The van der Waals surface area contributed by atoms with Crippen LogP contribution in [0.2, 0.25) is 0 Å². The van der Waals surface area contributed by atoms with Gasteiger partial charge in [-0.1, -0.05) is 0 Å². The minimum absolute atomic E-state index is 0.671. The summed E-state index contributed by atoms with van der Waals surface area (Å²) in [6.45, 7) is 4.88. The van der Waals surface area contributed by atoms with Crippen molar-refractivity contribution in [3.05, 3.63) is 59.7 Å². The predicted octanol–water partition coefficient (Wildman–Crippen LogP) is 3.70. The van der Waals surface area contributed by atoms with Crippen LogP contribution in [0.3, 0.4) is 0 Å². The van der Waals surface area contributed by atoms with E-state index in [0.717, 1.165) is 35.1 Å². The van der Waals surface area contributed by atoms with Gasteiger partial charge in [0, 0.05) is 23.0 Å². The van der Waals surface area contributed by atoms with Gasteiger partial charge in [0.15, 0.2) is 0 Å². The fraction of sp³-hybridized carbons (Fsp3) is 0.333. The van der Waals surface area contributed by atoms with Gasteiger partial charge < -0.3 is 14.9 Å². The van der Waals surface area contributed by atoms with Gasteiger partial charge in [0.1, 0.15) is 5.82 Å². The zero-order valence-corrected chi connectivity index (χ0v) is 13.5. The quantitative estimate of drug-likeness (QED) is 0.755.